The smallest absolute Gasteiger partial charge is 0.325 e. The number of aliphatic hydroxyl groups is 1. The van der Waals surface area contributed by atoms with Crippen LogP contribution < -0.4 is 5.32 Å². The number of aliphatic hydroxyl groups excluding tert-OH is 1. The number of amides is 2. The normalized spacial score (nSPS) is 14.3. The molecule has 1 aliphatic rings. The SMILES string of the molecule is CCOC(=O)CN1CC(=O)Nc2ccc(CO)cc2C1=O. The van der Waals surface area contributed by atoms with Gasteiger partial charge in [0.1, 0.15) is 13.1 Å². The molecule has 0 saturated carbocycles. The van der Waals surface area contributed by atoms with Crippen LogP contribution in [0.2, 0.25) is 0 Å². The quantitative estimate of drug-likeness (QED) is 0.769. The fraction of sp³-hybridized carbons (Fsp3) is 0.357. The lowest BCUT2D eigenvalue weighted by atomic mass is 10.1. The van der Waals surface area contributed by atoms with E-state index in [4.69, 9.17) is 9.84 Å². The van der Waals surface area contributed by atoms with Crippen molar-refractivity contribution < 1.29 is 24.2 Å². The zero-order chi connectivity index (χ0) is 15.4. The number of anilines is 1. The summed E-state index contributed by atoms with van der Waals surface area (Å²) in [5, 5.41) is 11.7. The summed E-state index contributed by atoms with van der Waals surface area (Å²) in [6, 6.07) is 4.68. The molecule has 0 saturated heterocycles. The molecule has 0 aromatic heterocycles. The van der Waals surface area contributed by atoms with Gasteiger partial charge in [0.15, 0.2) is 0 Å². The third kappa shape index (κ3) is 3.38. The van der Waals surface area contributed by atoms with Crippen molar-refractivity contribution in [3.8, 4) is 0 Å². The van der Waals surface area contributed by atoms with Crippen LogP contribution in [0.1, 0.15) is 22.8 Å². The fourth-order valence-electron chi connectivity index (χ4n) is 2.07. The van der Waals surface area contributed by atoms with E-state index < -0.39 is 11.9 Å². The summed E-state index contributed by atoms with van der Waals surface area (Å²) < 4.78 is 4.80. The first-order chi connectivity index (χ1) is 10.0. The highest BCUT2D eigenvalue weighted by molar-refractivity contribution is 6.09. The number of nitrogens with one attached hydrogen (secondary N) is 1. The van der Waals surface area contributed by atoms with E-state index in [0.717, 1.165) is 4.90 Å². The molecule has 7 heteroatoms. The largest absolute Gasteiger partial charge is 0.465 e. The summed E-state index contributed by atoms with van der Waals surface area (Å²) in [4.78, 5) is 36.9. The Morgan fingerprint density at radius 3 is 2.86 bits per heavy atom. The predicted octanol–water partition coefficient (Wildman–Crippen LogP) is 0.136. The van der Waals surface area contributed by atoms with Crippen LogP contribution in [0.25, 0.3) is 0 Å². The number of carbonyl (C=O) groups excluding carboxylic acids is 3. The lowest BCUT2D eigenvalue weighted by molar-refractivity contribution is -0.143. The van der Waals surface area contributed by atoms with Crippen molar-refractivity contribution in [1.82, 2.24) is 4.90 Å². The Balaban J connectivity index is 2.31. The molecule has 0 unspecified atom stereocenters. The van der Waals surface area contributed by atoms with E-state index in [-0.39, 0.29) is 37.8 Å². The maximum atomic E-state index is 12.4. The Hall–Kier alpha value is -2.41. The second-order valence-corrected chi connectivity index (χ2v) is 4.55. The van der Waals surface area contributed by atoms with Crippen molar-refractivity contribution in [2.45, 2.75) is 13.5 Å². The van der Waals surface area contributed by atoms with Crippen LogP contribution in [-0.4, -0.2) is 47.5 Å². The molecule has 7 nitrogen and oxygen atoms in total. The van der Waals surface area contributed by atoms with Crippen LogP contribution in [0.15, 0.2) is 18.2 Å². The lowest BCUT2D eigenvalue weighted by Gasteiger charge is -2.18. The minimum atomic E-state index is -0.569. The average Bonchev–Trinajstić information content (AvgIpc) is 2.56. The van der Waals surface area contributed by atoms with E-state index in [1.54, 1.807) is 19.1 Å². The van der Waals surface area contributed by atoms with Crippen LogP contribution in [0, 0.1) is 0 Å². The number of hydrogen-bond acceptors (Lipinski definition) is 5. The first-order valence-corrected chi connectivity index (χ1v) is 6.53. The van der Waals surface area contributed by atoms with Gasteiger partial charge in [0, 0.05) is 0 Å². The van der Waals surface area contributed by atoms with Gasteiger partial charge in [-0.3, -0.25) is 14.4 Å². The first kappa shape index (κ1) is 15.0. The lowest BCUT2D eigenvalue weighted by Crippen LogP contribution is -2.39. The predicted molar refractivity (Wildman–Crippen MR) is 73.5 cm³/mol. The molecule has 112 valence electrons. The second kappa shape index (κ2) is 6.36. The van der Waals surface area contributed by atoms with Gasteiger partial charge in [0.25, 0.3) is 5.91 Å². The van der Waals surface area contributed by atoms with Crippen LogP contribution in [-0.2, 0) is 20.9 Å². The highest BCUT2D eigenvalue weighted by Crippen LogP contribution is 2.22. The molecule has 0 radical (unpaired) electrons. The van der Waals surface area contributed by atoms with Gasteiger partial charge in [-0.2, -0.15) is 0 Å². The van der Waals surface area contributed by atoms with Gasteiger partial charge in [-0.25, -0.2) is 0 Å². The molecular formula is C14H16N2O5. The van der Waals surface area contributed by atoms with Gasteiger partial charge in [-0.1, -0.05) is 6.07 Å². The third-order valence-corrected chi connectivity index (χ3v) is 3.02. The van der Waals surface area contributed by atoms with Gasteiger partial charge in [0.2, 0.25) is 5.91 Å². The van der Waals surface area contributed by atoms with Crippen LogP contribution in [0.4, 0.5) is 5.69 Å². The zero-order valence-electron chi connectivity index (χ0n) is 11.6. The molecule has 1 aromatic rings. The van der Waals surface area contributed by atoms with Crippen LogP contribution in [0.5, 0.6) is 0 Å². The number of esters is 1. The number of hydrogen-bond donors (Lipinski definition) is 2. The van der Waals surface area contributed by atoms with Crippen molar-refractivity contribution in [3.05, 3.63) is 29.3 Å². The van der Waals surface area contributed by atoms with Gasteiger partial charge < -0.3 is 20.1 Å². The first-order valence-electron chi connectivity index (χ1n) is 6.53. The Bertz CT molecular complexity index is 585. The molecule has 0 aliphatic carbocycles. The molecule has 1 heterocycles. The molecule has 2 N–H and O–H groups in total. The minimum absolute atomic E-state index is 0.207. The topological polar surface area (TPSA) is 95.9 Å². The second-order valence-electron chi connectivity index (χ2n) is 4.55. The Morgan fingerprint density at radius 2 is 2.19 bits per heavy atom. The molecule has 1 aliphatic heterocycles. The third-order valence-electron chi connectivity index (χ3n) is 3.02. The fourth-order valence-corrected chi connectivity index (χ4v) is 2.07. The number of fused-ring (bicyclic) bond motifs is 1. The minimum Gasteiger partial charge on any atom is -0.465 e. The molecule has 2 amide bonds. The number of nitrogens with zero attached hydrogens (tertiary/aromatic N) is 1. The number of rotatable bonds is 4. The summed E-state index contributed by atoms with van der Waals surface area (Å²) in [6.07, 6.45) is 0. The average molecular weight is 292 g/mol. The van der Waals surface area contributed by atoms with Gasteiger partial charge in [-0.15, -0.1) is 0 Å². The molecular weight excluding hydrogens is 276 g/mol. The Kier molecular flexibility index (Phi) is 4.54. The van der Waals surface area contributed by atoms with Crippen LogP contribution >= 0.6 is 0 Å². The van der Waals surface area contributed by atoms with E-state index in [1.807, 2.05) is 0 Å². The van der Waals surface area contributed by atoms with Gasteiger partial charge >= 0.3 is 5.97 Å². The Morgan fingerprint density at radius 1 is 1.43 bits per heavy atom. The molecule has 0 bridgehead atoms. The Labute approximate surface area is 121 Å². The summed E-state index contributed by atoms with van der Waals surface area (Å²) in [7, 11) is 0. The van der Waals surface area contributed by atoms with Crippen molar-refractivity contribution in [2.75, 3.05) is 25.0 Å². The molecule has 0 atom stereocenters. The maximum absolute atomic E-state index is 12.4. The van der Waals surface area contributed by atoms with E-state index >= 15 is 0 Å². The van der Waals surface area contributed by atoms with E-state index in [2.05, 4.69) is 5.32 Å². The monoisotopic (exact) mass is 292 g/mol. The molecule has 2 rings (SSSR count). The molecule has 1 aromatic carbocycles. The molecule has 21 heavy (non-hydrogen) atoms. The summed E-state index contributed by atoms with van der Waals surface area (Å²) in [5.74, 6) is -1.41. The van der Waals surface area contributed by atoms with Gasteiger partial charge in [-0.05, 0) is 24.6 Å². The standard InChI is InChI=1S/C14H16N2O5/c1-2-21-13(19)7-16-6-12(18)15-11-4-3-9(8-17)5-10(11)14(16)20/h3-5,17H,2,6-8H2,1H3,(H,15,18). The van der Waals surface area contributed by atoms with E-state index in [0.29, 0.717) is 11.3 Å². The van der Waals surface area contributed by atoms with Crippen molar-refractivity contribution in [1.29, 1.82) is 0 Å². The van der Waals surface area contributed by atoms with Gasteiger partial charge in [0.05, 0.1) is 24.5 Å². The maximum Gasteiger partial charge on any atom is 0.325 e. The van der Waals surface area contributed by atoms with Crippen molar-refractivity contribution in [3.63, 3.8) is 0 Å². The van der Waals surface area contributed by atoms with E-state index in [1.165, 1.54) is 6.07 Å². The molecule has 0 spiro atoms. The summed E-state index contributed by atoms with van der Waals surface area (Å²) in [6.45, 7) is 1.14. The molecule has 0 fully saturated rings. The van der Waals surface area contributed by atoms with Crippen molar-refractivity contribution >= 4 is 23.5 Å². The number of carbonyl (C=O) groups is 3. The van der Waals surface area contributed by atoms with Crippen molar-refractivity contribution in [2.24, 2.45) is 0 Å². The number of ether oxygens (including phenoxy) is 1. The van der Waals surface area contributed by atoms with Crippen LogP contribution in [0.3, 0.4) is 0 Å². The van der Waals surface area contributed by atoms with E-state index in [9.17, 15) is 14.4 Å². The highest BCUT2D eigenvalue weighted by Gasteiger charge is 2.28. The highest BCUT2D eigenvalue weighted by atomic mass is 16.5. The summed E-state index contributed by atoms with van der Waals surface area (Å²) >= 11 is 0. The zero-order valence-corrected chi connectivity index (χ0v) is 11.6. The number of benzene rings is 1. The summed E-state index contributed by atoms with van der Waals surface area (Å²) in [5.41, 5.74) is 1.17.